The van der Waals surface area contributed by atoms with E-state index < -0.39 is 6.10 Å². The number of aliphatic hydroxyl groups excluding tert-OH is 1. The number of phenols is 1. The molecule has 4 rings (SSSR count). The quantitative estimate of drug-likeness (QED) is 0.770. The van der Waals surface area contributed by atoms with Crippen molar-refractivity contribution in [2.24, 2.45) is 5.92 Å². The number of hydrogen-bond acceptors (Lipinski definition) is 5. The first-order valence-corrected chi connectivity index (χ1v) is 8.17. The highest BCUT2D eigenvalue weighted by molar-refractivity contribution is 5.57. The van der Waals surface area contributed by atoms with Crippen LogP contribution in [0.5, 0.6) is 11.5 Å². The molecule has 5 nitrogen and oxygen atoms in total. The van der Waals surface area contributed by atoms with Crippen LogP contribution in [0.25, 0.3) is 0 Å². The number of phenolic OH excluding ortho intramolecular Hbond substituents is 1. The summed E-state index contributed by atoms with van der Waals surface area (Å²) in [5, 5.41) is 24.9. The molecule has 1 heterocycles. The molecule has 3 N–H and O–H groups in total. The SMILES string of the molecule is COC1=C[C@H]2[C@H]3Cc4ccc(OC)c(O)c4[C@@]2(CCN3)C[C@@H]1O. The lowest BCUT2D eigenvalue weighted by Crippen LogP contribution is -2.60. The van der Waals surface area contributed by atoms with Crippen LogP contribution in [0.15, 0.2) is 24.0 Å². The Labute approximate surface area is 135 Å². The second-order valence-corrected chi connectivity index (χ2v) is 6.84. The van der Waals surface area contributed by atoms with E-state index in [0.717, 1.165) is 30.5 Å². The van der Waals surface area contributed by atoms with E-state index in [0.29, 0.717) is 24.0 Å². The molecule has 0 aromatic heterocycles. The third kappa shape index (κ3) is 1.93. The molecule has 0 amide bonds. The van der Waals surface area contributed by atoms with Crippen molar-refractivity contribution in [2.75, 3.05) is 20.8 Å². The summed E-state index contributed by atoms with van der Waals surface area (Å²) < 4.78 is 10.7. The highest BCUT2D eigenvalue weighted by atomic mass is 16.5. The zero-order chi connectivity index (χ0) is 16.2. The lowest BCUT2D eigenvalue weighted by molar-refractivity contribution is 0.0362. The number of piperidine rings is 1. The van der Waals surface area contributed by atoms with Gasteiger partial charge in [0.15, 0.2) is 11.5 Å². The smallest absolute Gasteiger partial charge is 0.161 e. The molecule has 1 fully saturated rings. The molecule has 0 radical (unpaired) electrons. The zero-order valence-corrected chi connectivity index (χ0v) is 13.5. The number of aliphatic hydroxyl groups is 1. The topological polar surface area (TPSA) is 71.0 Å². The molecule has 0 spiro atoms. The monoisotopic (exact) mass is 317 g/mol. The van der Waals surface area contributed by atoms with E-state index in [2.05, 4.69) is 11.4 Å². The van der Waals surface area contributed by atoms with Gasteiger partial charge in [-0.25, -0.2) is 0 Å². The number of rotatable bonds is 2. The van der Waals surface area contributed by atoms with E-state index in [9.17, 15) is 10.2 Å². The summed E-state index contributed by atoms with van der Waals surface area (Å²) in [6.45, 7) is 0.889. The van der Waals surface area contributed by atoms with Gasteiger partial charge in [0.25, 0.3) is 0 Å². The van der Waals surface area contributed by atoms with Crippen LogP contribution in [0.1, 0.15) is 24.0 Å². The van der Waals surface area contributed by atoms with Gasteiger partial charge < -0.3 is 25.0 Å². The summed E-state index contributed by atoms with van der Waals surface area (Å²) in [7, 11) is 3.18. The average molecular weight is 317 g/mol. The maximum Gasteiger partial charge on any atom is 0.161 e. The van der Waals surface area contributed by atoms with Gasteiger partial charge in [-0.1, -0.05) is 6.07 Å². The molecule has 4 atom stereocenters. The van der Waals surface area contributed by atoms with E-state index in [1.54, 1.807) is 14.2 Å². The average Bonchev–Trinajstić information content (AvgIpc) is 2.53. The van der Waals surface area contributed by atoms with Gasteiger partial charge in [0.2, 0.25) is 0 Å². The molecule has 5 heteroatoms. The van der Waals surface area contributed by atoms with Crippen molar-refractivity contribution < 1.29 is 19.7 Å². The Morgan fingerprint density at radius 1 is 1.26 bits per heavy atom. The molecule has 0 saturated carbocycles. The Bertz CT molecular complexity index is 671. The number of nitrogens with one attached hydrogen (secondary N) is 1. The number of methoxy groups -OCH3 is 2. The Morgan fingerprint density at radius 2 is 2.09 bits per heavy atom. The van der Waals surface area contributed by atoms with E-state index >= 15 is 0 Å². The lowest BCUT2D eigenvalue weighted by Gasteiger charge is -2.55. The van der Waals surface area contributed by atoms with Gasteiger partial charge in [-0.2, -0.15) is 0 Å². The van der Waals surface area contributed by atoms with Crippen LogP contribution in [-0.2, 0) is 16.6 Å². The van der Waals surface area contributed by atoms with Crippen molar-refractivity contribution in [3.63, 3.8) is 0 Å². The highest BCUT2D eigenvalue weighted by Gasteiger charge is 2.55. The molecular weight excluding hydrogens is 294 g/mol. The Kier molecular flexibility index (Phi) is 3.32. The summed E-state index contributed by atoms with van der Waals surface area (Å²) in [5.41, 5.74) is 1.85. The highest BCUT2D eigenvalue weighted by Crippen LogP contribution is 2.56. The minimum absolute atomic E-state index is 0.208. The van der Waals surface area contributed by atoms with Gasteiger partial charge in [-0.3, -0.25) is 0 Å². The Hall–Kier alpha value is -1.72. The fraction of sp³-hybridized carbons (Fsp3) is 0.556. The van der Waals surface area contributed by atoms with E-state index in [4.69, 9.17) is 9.47 Å². The van der Waals surface area contributed by atoms with Crippen molar-refractivity contribution in [3.8, 4) is 11.5 Å². The van der Waals surface area contributed by atoms with E-state index in [-0.39, 0.29) is 17.1 Å². The summed E-state index contributed by atoms with van der Waals surface area (Å²) in [4.78, 5) is 0. The summed E-state index contributed by atoms with van der Waals surface area (Å²) in [5.74, 6) is 1.59. The fourth-order valence-electron chi connectivity index (χ4n) is 4.94. The number of benzene rings is 1. The van der Waals surface area contributed by atoms with Gasteiger partial charge in [-0.15, -0.1) is 0 Å². The number of aromatic hydroxyl groups is 1. The molecule has 2 bridgehead atoms. The minimum atomic E-state index is -0.633. The van der Waals surface area contributed by atoms with E-state index in [1.807, 2.05) is 12.1 Å². The van der Waals surface area contributed by atoms with Crippen molar-refractivity contribution in [1.82, 2.24) is 5.32 Å². The minimum Gasteiger partial charge on any atom is -0.504 e. The standard InChI is InChI=1S/C18H23NO4/c1-22-14-4-3-10-7-12-11-8-15(23-2)13(20)9-18(11,5-6-19-12)16(10)17(14)21/h3-4,8,11-13,19-21H,5-7,9H2,1-2H3/t11-,12+,13-,18-/m0/s1. The first-order chi connectivity index (χ1) is 11.1. The van der Waals surface area contributed by atoms with Crippen molar-refractivity contribution >= 4 is 0 Å². The van der Waals surface area contributed by atoms with Crippen LogP contribution in [0.3, 0.4) is 0 Å². The molecule has 1 saturated heterocycles. The maximum absolute atomic E-state index is 10.8. The summed E-state index contributed by atoms with van der Waals surface area (Å²) >= 11 is 0. The Morgan fingerprint density at radius 3 is 2.83 bits per heavy atom. The van der Waals surface area contributed by atoms with Crippen LogP contribution in [-0.4, -0.2) is 43.1 Å². The first-order valence-electron chi connectivity index (χ1n) is 8.17. The first kappa shape index (κ1) is 14.8. The predicted octanol–water partition coefficient (Wildman–Crippen LogP) is 1.47. The second kappa shape index (κ2) is 5.14. The van der Waals surface area contributed by atoms with Gasteiger partial charge >= 0.3 is 0 Å². The largest absolute Gasteiger partial charge is 0.504 e. The number of ether oxygens (including phenoxy) is 2. The van der Waals surface area contributed by atoms with Crippen LogP contribution in [0.2, 0.25) is 0 Å². The maximum atomic E-state index is 10.8. The number of fused-ring (bicyclic) bond motifs is 1. The molecule has 2 aliphatic carbocycles. The molecule has 3 aliphatic rings. The van der Waals surface area contributed by atoms with Crippen LogP contribution in [0, 0.1) is 5.92 Å². The second-order valence-electron chi connectivity index (χ2n) is 6.84. The van der Waals surface area contributed by atoms with Crippen LogP contribution < -0.4 is 10.1 Å². The van der Waals surface area contributed by atoms with Gasteiger partial charge in [0.05, 0.1) is 14.2 Å². The molecule has 1 aromatic carbocycles. The molecule has 23 heavy (non-hydrogen) atoms. The molecule has 124 valence electrons. The molecule has 1 aliphatic heterocycles. The third-order valence-electron chi connectivity index (χ3n) is 5.90. The van der Waals surface area contributed by atoms with Gasteiger partial charge in [0.1, 0.15) is 11.9 Å². The zero-order valence-electron chi connectivity index (χ0n) is 13.5. The lowest BCUT2D eigenvalue weighted by atomic mass is 9.53. The van der Waals surface area contributed by atoms with Crippen LogP contribution in [0.4, 0.5) is 0 Å². The van der Waals surface area contributed by atoms with Crippen molar-refractivity contribution in [3.05, 3.63) is 35.1 Å². The summed E-state index contributed by atoms with van der Waals surface area (Å²) in [6.07, 6.45) is 3.75. The molecule has 0 unspecified atom stereocenters. The molecular formula is C18H23NO4. The number of hydrogen-bond donors (Lipinski definition) is 3. The summed E-state index contributed by atoms with van der Waals surface area (Å²) in [6, 6.07) is 4.19. The van der Waals surface area contributed by atoms with Crippen molar-refractivity contribution in [2.45, 2.75) is 36.8 Å². The van der Waals surface area contributed by atoms with Gasteiger partial charge in [0, 0.05) is 22.9 Å². The van der Waals surface area contributed by atoms with Crippen molar-refractivity contribution in [1.29, 1.82) is 0 Å². The predicted molar refractivity (Wildman–Crippen MR) is 85.7 cm³/mol. The Balaban J connectivity index is 1.94. The third-order valence-corrected chi connectivity index (χ3v) is 5.90. The fourth-order valence-corrected chi connectivity index (χ4v) is 4.94. The van der Waals surface area contributed by atoms with Gasteiger partial charge in [-0.05, 0) is 43.5 Å². The normalized spacial score (nSPS) is 34.9. The van der Waals surface area contributed by atoms with Crippen LogP contribution >= 0.6 is 0 Å². The molecule has 1 aromatic rings. The van der Waals surface area contributed by atoms with E-state index in [1.165, 1.54) is 0 Å².